The second-order valence-corrected chi connectivity index (χ2v) is 9.42. The van der Waals surface area contributed by atoms with Crippen LogP contribution in [0.1, 0.15) is 72.9 Å². The molecule has 0 aliphatic heterocycles. The van der Waals surface area contributed by atoms with Crippen molar-refractivity contribution in [3.63, 3.8) is 0 Å². The van der Waals surface area contributed by atoms with E-state index in [4.69, 9.17) is 9.84 Å². The Kier molecular flexibility index (Phi) is 9.50. The van der Waals surface area contributed by atoms with E-state index >= 15 is 0 Å². The minimum Gasteiger partial charge on any atom is -0.497 e. The average Bonchev–Trinajstić information content (AvgIpc) is 3.22. The minimum atomic E-state index is -0.231. The molecule has 1 N–H and O–H groups in total. The lowest BCUT2D eigenvalue weighted by atomic mass is 9.92. The molecule has 0 bridgehead atoms. The van der Waals surface area contributed by atoms with Crippen LogP contribution in [0.4, 0.5) is 5.82 Å². The molecule has 0 fully saturated rings. The molecule has 33 heavy (non-hydrogen) atoms. The van der Waals surface area contributed by atoms with Gasteiger partial charge in [-0.15, -0.1) is 0 Å². The summed E-state index contributed by atoms with van der Waals surface area (Å²) in [6, 6.07) is 9.41. The summed E-state index contributed by atoms with van der Waals surface area (Å²) >= 11 is 0. The number of nitrogens with zero attached hydrogens (tertiary/aromatic N) is 3. The third-order valence-electron chi connectivity index (χ3n) is 5.84. The molecule has 1 aromatic carbocycles. The number of aromatic nitrogens is 2. The van der Waals surface area contributed by atoms with Gasteiger partial charge in [0.15, 0.2) is 0 Å². The normalized spacial score (nSPS) is 12.3. The molecule has 182 valence electrons. The number of methoxy groups -OCH3 is 1. The molecular weight excluding hydrogens is 416 g/mol. The van der Waals surface area contributed by atoms with Gasteiger partial charge in [-0.25, -0.2) is 4.68 Å². The van der Waals surface area contributed by atoms with Gasteiger partial charge in [0.05, 0.1) is 25.0 Å². The highest BCUT2D eigenvalue weighted by Gasteiger charge is 2.25. The highest BCUT2D eigenvalue weighted by atomic mass is 16.5. The van der Waals surface area contributed by atoms with Crippen LogP contribution >= 0.6 is 0 Å². The van der Waals surface area contributed by atoms with Gasteiger partial charge >= 0.3 is 0 Å². The van der Waals surface area contributed by atoms with Crippen molar-refractivity contribution in [3.05, 3.63) is 36.0 Å². The molecule has 7 nitrogen and oxygen atoms in total. The Bertz CT molecular complexity index is 913. The fraction of sp³-hybridized carbons (Fsp3) is 0.577. The zero-order valence-electron chi connectivity index (χ0n) is 21.3. The number of carbonyl (C=O) groups excluding carboxylic acids is 2. The number of rotatable bonds is 11. The van der Waals surface area contributed by atoms with E-state index in [9.17, 15) is 9.59 Å². The van der Waals surface area contributed by atoms with Crippen LogP contribution in [0.2, 0.25) is 0 Å². The Hall–Kier alpha value is -2.83. The van der Waals surface area contributed by atoms with Crippen molar-refractivity contribution in [2.24, 2.45) is 5.92 Å². The average molecular weight is 457 g/mol. The van der Waals surface area contributed by atoms with Gasteiger partial charge in [-0.3, -0.25) is 9.59 Å². The lowest BCUT2D eigenvalue weighted by Crippen LogP contribution is -2.41. The van der Waals surface area contributed by atoms with Crippen LogP contribution in [0.3, 0.4) is 0 Å². The number of likely N-dealkylation sites (N-methyl/N-ethyl adjacent to an activating group) is 1. The summed E-state index contributed by atoms with van der Waals surface area (Å²) in [6.07, 6.45) is 3.73. The highest BCUT2D eigenvalue weighted by molar-refractivity contribution is 5.94. The first kappa shape index (κ1) is 26.4. The van der Waals surface area contributed by atoms with Crippen molar-refractivity contribution in [1.29, 1.82) is 0 Å². The summed E-state index contributed by atoms with van der Waals surface area (Å²) < 4.78 is 6.98. The van der Waals surface area contributed by atoms with Crippen LogP contribution < -0.4 is 10.1 Å². The number of nitrogens with one attached hydrogen (secondary N) is 1. The van der Waals surface area contributed by atoms with Crippen molar-refractivity contribution in [2.45, 2.75) is 72.6 Å². The van der Waals surface area contributed by atoms with E-state index in [-0.39, 0.29) is 29.7 Å². The molecule has 0 aliphatic rings. The van der Waals surface area contributed by atoms with Crippen LogP contribution in [0.25, 0.3) is 5.69 Å². The number of unbranched alkanes of at least 4 members (excludes halogenated alkanes) is 1. The molecule has 7 heteroatoms. The minimum absolute atomic E-state index is 0.0244. The molecule has 0 aliphatic carbocycles. The number of amides is 2. The van der Waals surface area contributed by atoms with E-state index in [0.717, 1.165) is 42.8 Å². The van der Waals surface area contributed by atoms with Crippen LogP contribution in [-0.4, -0.2) is 46.7 Å². The van der Waals surface area contributed by atoms with Gasteiger partial charge < -0.3 is 15.0 Å². The summed E-state index contributed by atoms with van der Waals surface area (Å²) in [4.78, 5) is 27.6. The molecular formula is C26H40N4O3. The van der Waals surface area contributed by atoms with Gasteiger partial charge in [0.2, 0.25) is 11.8 Å². The molecule has 0 saturated carbocycles. The molecule has 0 saturated heterocycles. The number of hydrogen-bond donors (Lipinski definition) is 1. The monoisotopic (exact) mass is 456 g/mol. The summed E-state index contributed by atoms with van der Waals surface area (Å²) in [5, 5.41) is 7.74. The van der Waals surface area contributed by atoms with Crippen molar-refractivity contribution in [1.82, 2.24) is 14.7 Å². The van der Waals surface area contributed by atoms with E-state index < -0.39 is 0 Å². The zero-order valence-corrected chi connectivity index (χ0v) is 21.3. The summed E-state index contributed by atoms with van der Waals surface area (Å²) in [5.74, 6) is 1.12. The summed E-state index contributed by atoms with van der Waals surface area (Å²) in [6.45, 7) is 12.8. The first-order chi connectivity index (χ1) is 15.6. The van der Waals surface area contributed by atoms with Crippen LogP contribution in [0.15, 0.2) is 30.3 Å². The smallest absolute Gasteiger partial charge is 0.245 e. The SMILES string of the molecule is CCCCC(CC)C(=O)N(CC)CC(=O)Nc1cc(C(C)(C)C)nn1-c1ccc(OC)cc1. The topological polar surface area (TPSA) is 76.5 Å². The molecule has 1 unspecified atom stereocenters. The van der Waals surface area contributed by atoms with Gasteiger partial charge in [-0.2, -0.15) is 5.10 Å². The maximum atomic E-state index is 13.0. The standard InChI is InChI=1S/C26H40N4O3/c1-8-11-12-19(9-2)25(32)29(10-3)18-24(31)27-23-17-22(26(4,5)6)28-30(23)20-13-15-21(33-7)16-14-20/h13-17,19H,8-12,18H2,1-7H3,(H,27,31). The van der Waals surface area contributed by atoms with E-state index in [1.807, 2.05) is 44.2 Å². The number of carbonyl (C=O) groups is 2. The second kappa shape index (κ2) is 11.9. The number of benzene rings is 1. The Morgan fingerprint density at radius 1 is 1.15 bits per heavy atom. The van der Waals surface area contributed by atoms with Crippen molar-refractivity contribution >= 4 is 17.6 Å². The first-order valence-corrected chi connectivity index (χ1v) is 12.0. The van der Waals surface area contributed by atoms with Crippen LogP contribution in [0.5, 0.6) is 5.75 Å². The molecule has 0 radical (unpaired) electrons. The van der Waals surface area contributed by atoms with Crippen molar-refractivity contribution in [2.75, 3.05) is 25.5 Å². The highest BCUT2D eigenvalue weighted by Crippen LogP contribution is 2.27. The largest absolute Gasteiger partial charge is 0.497 e. The quantitative estimate of drug-likeness (QED) is 0.505. The summed E-state index contributed by atoms with van der Waals surface area (Å²) in [7, 11) is 1.62. The van der Waals surface area contributed by atoms with Crippen LogP contribution in [-0.2, 0) is 15.0 Å². The molecule has 2 rings (SSSR count). The molecule has 2 amide bonds. The van der Waals surface area contributed by atoms with Crippen LogP contribution in [0, 0.1) is 5.92 Å². The predicted octanol–water partition coefficient (Wildman–Crippen LogP) is 5.18. The number of ether oxygens (including phenoxy) is 1. The Morgan fingerprint density at radius 3 is 2.33 bits per heavy atom. The Morgan fingerprint density at radius 2 is 1.82 bits per heavy atom. The van der Waals surface area contributed by atoms with E-state index in [1.54, 1.807) is 16.7 Å². The van der Waals surface area contributed by atoms with Gasteiger partial charge in [0, 0.05) is 23.9 Å². The molecule has 0 spiro atoms. The lowest BCUT2D eigenvalue weighted by molar-refractivity contribution is -0.138. The van der Waals surface area contributed by atoms with Crippen molar-refractivity contribution < 1.29 is 14.3 Å². The van der Waals surface area contributed by atoms with E-state index in [0.29, 0.717) is 12.4 Å². The molecule has 1 atom stereocenters. The maximum Gasteiger partial charge on any atom is 0.245 e. The maximum absolute atomic E-state index is 13.0. The number of hydrogen-bond acceptors (Lipinski definition) is 4. The summed E-state index contributed by atoms with van der Waals surface area (Å²) in [5.41, 5.74) is 1.49. The second-order valence-electron chi connectivity index (χ2n) is 9.42. The third-order valence-corrected chi connectivity index (χ3v) is 5.84. The fourth-order valence-corrected chi connectivity index (χ4v) is 3.67. The van der Waals surface area contributed by atoms with Gasteiger partial charge in [-0.05, 0) is 44.0 Å². The fourth-order valence-electron chi connectivity index (χ4n) is 3.67. The molecule has 1 heterocycles. The van der Waals surface area contributed by atoms with Gasteiger partial charge in [0.25, 0.3) is 0 Å². The van der Waals surface area contributed by atoms with E-state index in [2.05, 4.69) is 33.0 Å². The predicted molar refractivity (Wildman–Crippen MR) is 133 cm³/mol. The lowest BCUT2D eigenvalue weighted by Gasteiger charge is -2.25. The van der Waals surface area contributed by atoms with Crippen molar-refractivity contribution in [3.8, 4) is 11.4 Å². The molecule has 1 aromatic heterocycles. The van der Waals surface area contributed by atoms with Gasteiger partial charge in [0.1, 0.15) is 11.6 Å². The number of anilines is 1. The molecule has 2 aromatic rings. The Balaban J connectivity index is 2.24. The van der Waals surface area contributed by atoms with E-state index in [1.165, 1.54) is 0 Å². The zero-order chi connectivity index (χ0) is 24.6. The van der Waals surface area contributed by atoms with Gasteiger partial charge in [-0.1, -0.05) is 47.5 Å². The first-order valence-electron chi connectivity index (χ1n) is 12.0. The third kappa shape index (κ3) is 7.07. The Labute approximate surface area is 198 Å².